The summed E-state index contributed by atoms with van der Waals surface area (Å²) in [5, 5.41) is 15.5. The van der Waals surface area contributed by atoms with Gasteiger partial charge in [0, 0.05) is 17.8 Å². The Labute approximate surface area is 117 Å². The minimum absolute atomic E-state index is 0.0602. The monoisotopic (exact) mass is 268 g/mol. The zero-order valence-corrected chi connectivity index (χ0v) is 11.2. The maximum Gasteiger partial charge on any atom is 0.247 e. The highest BCUT2D eigenvalue weighted by molar-refractivity contribution is 5.98. The zero-order valence-electron chi connectivity index (χ0n) is 11.2. The van der Waals surface area contributed by atoms with Crippen molar-refractivity contribution in [2.45, 2.75) is 19.4 Å². The molecule has 4 nitrogen and oxygen atoms in total. The van der Waals surface area contributed by atoms with E-state index in [4.69, 9.17) is 0 Å². The van der Waals surface area contributed by atoms with Crippen LogP contribution in [0.5, 0.6) is 5.75 Å². The standard InChI is InChI=1S/C16H16N2O2/c1-10-8-12(19)6-7-13(10)18-16(20)15-9-11-4-2-3-5-14(11)17-15/h2-8,15,17,19H,9H2,1H3,(H,18,20)/t15-/m0/s1. The van der Waals surface area contributed by atoms with Crippen LogP contribution in [0.1, 0.15) is 11.1 Å². The summed E-state index contributed by atoms with van der Waals surface area (Å²) in [6.07, 6.45) is 0.694. The number of aryl methyl sites for hydroxylation is 1. The van der Waals surface area contributed by atoms with E-state index in [1.807, 2.05) is 31.2 Å². The van der Waals surface area contributed by atoms with Crippen LogP contribution in [0.15, 0.2) is 42.5 Å². The molecular formula is C16H16N2O2. The van der Waals surface area contributed by atoms with E-state index in [1.165, 1.54) is 0 Å². The molecule has 0 saturated heterocycles. The number of phenolic OH excluding ortho intramolecular Hbond substituents is 1. The molecule has 1 aliphatic heterocycles. The molecule has 1 heterocycles. The molecule has 1 amide bonds. The van der Waals surface area contributed by atoms with E-state index in [9.17, 15) is 9.90 Å². The molecule has 102 valence electrons. The highest BCUT2D eigenvalue weighted by Gasteiger charge is 2.26. The van der Waals surface area contributed by atoms with Crippen LogP contribution in [0.3, 0.4) is 0 Å². The van der Waals surface area contributed by atoms with Crippen molar-refractivity contribution >= 4 is 17.3 Å². The molecule has 0 fully saturated rings. The molecule has 3 rings (SSSR count). The normalized spacial score (nSPS) is 16.4. The van der Waals surface area contributed by atoms with Crippen LogP contribution >= 0.6 is 0 Å². The lowest BCUT2D eigenvalue weighted by Gasteiger charge is -2.13. The molecule has 2 aromatic rings. The van der Waals surface area contributed by atoms with Gasteiger partial charge in [-0.25, -0.2) is 0 Å². The molecule has 4 heteroatoms. The minimum Gasteiger partial charge on any atom is -0.508 e. The van der Waals surface area contributed by atoms with Crippen LogP contribution in [0.4, 0.5) is 11.4 Å². The molecule has 0 aliphatic carbocycles. The van der Waals surface area contributed by atoms with Gasteiger partial charge in [-0.1, -0.05) is 18.2 Å². The van der Waals surface area contributed by atoms with Gasteiger partial charge in [0.15, 0.2) is 0 Å². The zero-order chi connectivity index (χ0) is 14.1. The smallest absolute Gasteiger partial charge is 0.247 e. The fraction of sp³-hybridized carbons (Fsp3) is 0.188. The SMILES string of the molecule is Cc1cc(O)ccc1NC(=O)[C@@H]1Cc2ccccc2N1. The summed E-state index contributed by atoms with van der Waals surface area (Å²) in [6.45, 7) is 1.85. The largest absolute Gasteiger partial charge is 0.508 e. The number of carbonyl (C=O) groups is 1. The molecule has 0 radical (unpaired) electrons. The third kappa shape index (κ3) is 2.32. The fourth-order valence-corrected chi connectivity index (χ4v) is 2.46. The second kappa shape index (κ2) is 4.89. The predicted octanol–water partition coefficient (Wildman–Crippen LogP) is 2.68. The summed E-state index contributed by atoms with van der Waals surface area (Å²) >= 11 is 0. The number of hydrogen-bond donors (Lipinski definition) is 3. The Morgan fingerprint density at radius 3 is 2.85 bits per heavy atom. The maximum absolute atomic E-state index is 12.3. The molecule has 3 N–H and O–H groups in total. The quantitative estimate of drug-likeness (QED) is 0.734. The van der Waals surface area contributed by atoms with Gasteiger partial charge >= 0.3 is 0 Å². The van der Waals surface area contributed by atoms with Gasteiger partial charge in [0.2, 0.25) is 5.91 Å². The van der Waals surface area contributed by atoms with E-state index in [0.717, 1.165) is 22.5 Å². The number of phenols is 1. The number of anilines is 2. The van der Waals surface area contributed by atoms with Crippen LogP contribution in [0.25, 0.3) is 0 Å². The molecule has 0 spiro atoms. The van der Waals surface area contributed by atoms with E-state index in [1.54, 1.807) is 18.2 Å². The van der Waals surface area contributed by atoms with Gasteiger partial charge in [-0.2, -0.15) is 0 Å². The van der Waals surface area contributed by atoms with Crippen LogP contribution < -0.4 is 10.6 Å². The lowest BCUT2D eigenvalue weighted by molar-refractivity contribution is -0.116. The minimum atomic E-state index is -0.249. The molecule has 0 saturated carbocycles. The Bertz CT molecular complexity index is 642. The molecule has 20 heavy (non-hydrogen) atoms. The summed E-state index contributed by atoms with van der Waals surface area (Å²) < 4.78 is 0. The average Bonchev–Trinajstić information content (AvgIpc) is 2.86. The van der Waals surface area contributed by atoms with Crippen molar-refractivity contribution in [3.8, 4) is 5.75 Å². The highest BCUT2D eigenvalue weighted by atomic mass is 16.3. The second-order valence-corrected chi connectivity index (χ2v) is 5.05. The first kappa shape index (κ1) is 12.5. The Balaban J connectivity index is 1.72. The predicted molar refractivity (Wildman–Crippen MR) is 79.0 cm³/mol. The van der Waals surface area contributed by atoms with E-state index < -0.39 is 0 Å². The number of hydrogen-bond acceptors (Lipinski definition) is 3. The summed E-state index contributed by atoms with van der Waals surface area (Å²) in [6, 6.07) is 12.6. The number of aromatic hydroxyl groups is 1. The van der Waals surface area contributed by atoms with Crippen LogP contribution in [0, 0.1) is 6.92 Å². The summed E-state index contributed by atoms with van der Waals surface area (Å²) in [5.41, 5.74) is 3.75. The first-order valence-electron chi connectivity index (χ1n) is 6.58. The number of fused-ring (bicyclic) bond motifs is 1. The first-order valence-corrected chi connectivity index (χ1v) is 6.58. The van der Waals surface area contributed by atoms with E-state index in [2.05, 4.69) is 10.6 Å². The van der Waals surface area contributed by atoms with Crippen molar-refractivity contribution in [1.82, 2.24) is 0 Å². The van der Waals surface area contributed by atoms with Gasteiger partial charge in [0.25, 0.3) is 0 Å². The number of para-hydroxylation sites is 1. The highest BCUT2D eigenvalue weighted by Crippen LogP contribution is 2.26. The lowest BCUT2D eigenvalue weighted by Crippen LogP contribution is -2.32. The molecule has 2 aromatic carbocycles. The number of rotatable bonds is 2. The third-order valence-electron chi connectivity index (χ3n) is 3.56. The van der Waals surface area contributed by atoms with Gasteiger partial charge in [0.1, 0.15) is 11.8 Å². The van der Waals surface area contributed by atoms with E-state index >= 15 is 0 Å². The lowest BCUT2D eigenvalue weighted by atomic mass is 10.1. The van der Waals surface area contributed by atoms with Crippen molar-refractivity contribution in [2.24, 2.45) is 0 Å². The molecule has 0 aromatic heterocycles. The van der Waals surface area contributed by atoms with Crippen LogP contribution in [0.2, 0.25) is 0 Å². The Kier molecular flexibility index (Phi) is 3.06. The van der Waals surface area contributed by atoms with Crippen molar-refractivity contribution in [3.05, 3.63) is 53.6 Å². The summed E-state index contributed by atoms with van der Waals surface area (Å²) in [4.78, 5) is 12.3. The topological polar surface area (TPSA) is 61.4 Å². The van der Waals surface area contributed by atoms with Crippen LogP contribution in [-0.2, 0) is 11.2 Å². The third-order valence-corrected chi connectivity index (χ3v) is 3.56. The molecule has 1 aliphatic rings. The number of amides is 1. The number of carbonyl (C=O) groups excluding carboxylic acids is 1. The average molecular weight is 268 g/mol. The van der Waals surface area contributed by atoms with Crippen molar-refractivity contribution < 1.29 is 9.90 Å². The van der Waals surface area contributed by atoms with E-state index in [0.29, 0.717) is 6.42 Å². The van der Waals surface area contributed by atoms with Gasteiger partial charge in [-0.3, -0.25) is 4.79 Å². The number of nitrogens with one attached hydrogen (secondary N) is 2. The Morgan fingerprint density at radius 1 is 1.30 bits per heavy atom. The van der Waals surface area contributed by atoms with E-state index in [-0.39, 0.29) is 17.7 Å². The summed E-state index contributed by atoms with van der Waals surface area (Å²) in [7, 11) is 0. The fourth-order valence-electron chi connectivity index (χ4n) is 2.46. The molecular weight excluding hydrogens is 252 g/mol. The van der Waals surface area contributed by atoms with Crippen LogP contribution in [-0.4, -0.2) is 17.1 Å². The summed E-state index contributed by atoms with van der Waals surface area (Å²) in [5.74, 6) is 0.141. The second-order valence-electron chi connectivity index (χ2n) is 5.05. The van der Waals surface area contributed by atoms with Crippen molar-refractivity contribution in [1.29, 1.82) is 0 Å². The van der Waals surface area contributed by atoms with Crippen molar-refractivity contribution in [3.63, 3.8) is 0 Å². The Morgan fingerprint density at radius 2 is 2.10 bits per heavy atom. The van der Waals surface area contributed by atoms with Gasteiger partial charge in [-0.15, -0.1) is 0 Å². The molecule has 0 bridgehead atoms. The van der Waals surface area contributed by atoms with Gasteiger partial charge < -0.3 is 15.7 Å². The maximum atomic E-state index is 12.3. The first-order chi connectivity index (χ1) is 9.63. The Hall–Kier alpha value is -2.49. The molecule has 1 atom stereocenters. The van der Waals surface area contributed by atoms with Gasteiger partial charge in [-0.05, 0) is 42.3 Å². The number of benzene rings is 2. The van der Waals surface area contributed by atoms with Gasteiger partial charge in [0.05, 0.1) is 0 Å². The van der Waals surface area contributed by atoms with Crippen molar-refractivity contribution in [2.75, 3.05) is 10.6 Å². The molecule has 0 unspecified atom stereocenters.